The first-order chi connectivity index (χ1) is 6.31. The zero-order valence-electron chi connectivity index (χ0n) is 9.30. The average Bonchev–Trinajstić information content (AvgIpc) is 1.98. The van der Waals surface area contributed by atoms with Crippen LogP contribution in [-0.4, -0.2) is 16.9 Å². The van der Waals surface area contributed by atoms with Crippen molar-refractivity contribution in [3.63, 3.8) is 0 Å². The second-order valence-corrected chi connectivity index (χ2v) is 4.85. The molecule has 0 aromatic carbocycles. The van der Waals surface area contributed by atoms with Crippen LogP contribution < -0.4 is 0 Å². The maximum Gasteiger partial charge on any atom is 0.303 e. The fourth-order valence-corrected chi connectivity index (χ4v) is 1.19. The number of carbonyl (C=O) groups is 2. The minimum Gasteiger partial charge on any atom is -0.481 e. The minimum absolute atomic E-state index is 0.0334. The summed E-state index contributed by atoms with van der Waals surface area (Å²) < 4.78 is 0. The summed E-state index contributed by atoms with van der Waals surface area (Å²) in [6, 6.07) is 0. The Morgan fingerprint density at radius 2 is 1.64 bits per heavy atom. The molecule has 0 aromatic rings. The quantitative estimate of drug-likeness (QED) is 0.717. The van der Waals surface area contributed by atoms with Crippen LogP contribution in [0.1, 0.15) is 52.9 Å². The third-order valence-corrected chi connectivity index (χ3v) is 2.00. The number of carbonyl (C=O) groups excluding carboxylic acids is 1. The molecule has 0 fully saturated rings. The summed E-state index contributed by atoms with van der Waals surface area (Å²) in [5.41, 5.74) is 0.257. The molecule has 0 aliphatic rings. The first-order valence-corrected chi connectivity index (χ1v) is 5.05. The number of hydrogen-bond donors (Lipinski definition) is 1. The molecular formula is C11H20O3. The molecule has 0 radical (unpaired) electrons. The summed E-state index contributed by atoms with van der Waals surface area (Å²) in [5.74, 6) is -0.828. The lowest BCUT2D eigenvalue weighted by Crippen LogP contribution is -2.07. The van der Waals surface area contributed by atoms with Crippen LogP contribution in [0, 0.1) is 5.41 Å². The van der Waals surface area contributed by atoms with Crippen molar-refractivity contribution < 1.29 is 14.7 Å². The molecule has 0 aliphatic carbocycles. The van der Waals surface area contributed by atoms with E-state index in [1.165, 1.54) is 0 Å². The summed E-state index contributed by atoms with van der Waals surface area (Å²) in [6.07, 6.45) is 2.53. The zero-order chi connectivity index (χ0) is 11.2. The highest BCUT2D eigenvalue weighted by Gasteiger charge is 2.11. The highest BCUT2D eigenvalue weighted by molar-refractivity contribution is 5.82. The first kappa shape index (κ1) is 13.1. The van der Waals surface area contributed by atoms with Gasteiger partial charge in [0.15, 0.2) is 0 Å². The molecule has 14 heavy (non-hydrogen) atoms. The van der Waals surface area contributed by atoms with E-state index in [2.05, 4.69) is 20.8 Å². The smallest absolute Gasteiger partial charge is 0.303 e. The number of carboxylic acid groups (broad SMARTS) is 1. The number of rotatable bonds is 6. The topological polar surface area (TPSA) is 54.4 Å². The third kappa shape index (κ3) is 9.23. The second-order valence-electron chi connectivity index (χ2n) is 4.85. The molecule has 0 aromatic heterocycles. The van der Waals surface area contributed by atoms with Gasteiger partial charge < -0.3 is 5.11 Å². The summed E-state index contributed by atoms with van der Waals surface area (Å²) in [4.78, 5) is 21.4. The lowest BCUT2D eigenvalue weighted by Gasteiger charge is -2.17. The summed E-state index contributed by atoms with van der Waals surface area (Å²) >= 11 is 0. The molecule has 0 rings (SSSR count). The van der Waals surface area contributed by atoms with E-state index in [1.54, 1.807) is 0 Å². The SMILES string of the molecule is CC(C)(C)CCCC(=O)CCC(=O)O. The summed E-state index contributed by atoms with van der Waals surface area (Å²) in [7, 11) is 0. The average molecular weight is 200 g/mol. The van der Waals surface area contributed by atoms with E-state index >= 15 is 0 Å². The molecule has 0 heterocycles. The van der Waals surface area contributed by atoms with Crippen LogP contribution in [0.25, 0.3) is 0 Å². The molecule has 0 unspecified atom stereocenters. The second kappa shape index (κ2) is 5.78. The summed E-state index contributed by atoms with van der Waals surface area (Å²) in [6.45, 7) is 6.40. The van der Waals surface area contributed by atoms with Crippen LogP contribution in [0.15, 0.2) is 0 Å². The lowest BCUT2D eigenvalue weighted by atomic mass is 9.89. The van der Waals surface area contributed by atoms with E-state index < -0.39 is 5.97 Å². The van der Waals surface area contributed by atoms with Crippen molar-refractivity contribution in [2.24, 2.45) is 5.41 Å². The van der Waals surface area contributed by atoms with Gasteiger partial charge in [0, 0.05) is 12.8 Å². The Hall–Kier alpha value is -0.860. The van der Waals surface area contributed by atoms with Gasteiger partial charge in [-0.05, 0) is 18.3 Å². The van der Waals surface area contributed by atoms with Crippen molar-refractivity contribution in [1.29, 1.82) is 0 Å². The molecule has 0 spiro atoms. The Morgan fingerprint density at radius 1 is 1.07 bits per heavy atom. The molecule has 0 amide bonds. The van der Waals surface area contributed by atoms with Gasteiger partial charge in [0.25, 0.3) is 0 Å². The van der Waals surface area contributed by atoms with Crippen LogP contribution >= 0.6 is 0 Å². The number of hydrogen-bond acceptors (Lipinski definition) is 2. The van der Waals surface area contributed by atoms with E-state index in [4.69, 9.17) is 5.11 Å². The Kier molecular flexibility index (Phi) is 5.43. The fourth-order valence-electron chi connectivity index (χ4n) is 1.19. The van der Waals surface area contributed by atoms with E-state index in [0.29, 0.717) is 6.42 Å². The van der Waals surface area contributed by atoms with Gasteiger partial charge in [-0.25, -0.2) is 0 Å². The van der Waals surface area contributed by atoms with Gasteiger partial charge in [0.05, 0.1) is 6.42 Å². The van der Waals surface area contributed by atoms with Gasteiger partial charge in [0.2, 0.25) is 0 Å². The molecule has 3 heteroatoms. The van der Waals surface area contributed by atoms with Gasteiger partial charge >= 0.3 is 5.97 Å². The lowest BCUT2D eigenvalue weighted by molar-refractivity contribution is -0.138. The molecule has 0 atom stereocenters. The van der Waals surface area contributed by atoms with E-state index in [-0.39, 0.29) is 24.0 Å². The van der Waals surface area contributed by atoms with Gasteiger partial charge in [-0.2, -0.15) is 0 Å². The van der Waals surface area contributed by atoms with Crippen LogP contribution in [0.4, 0.5) is 0 Å². The van der Waals surface area contributed by atoms with Crippen molar-refractivity contribution >= 4 is 11.8 Å². The monoisotopic (exact) mass is 200 g/mol. The minimum atomic E-state index is -0.894. The van der Waals surface area contributed by atoms with Crippen molar-refractivity contribution in [3.05, 3.63) is 0 Å². The molecular weight excluding hydrogens is 180 g/mol. The molecule has 0 bridgehead atoms. The first-order valence-electron chi connectivity index (χ1n) is 5.05. The number of Topliss-reactive ketones (excluding diaryl/α,β-unsaturated/α-hetero) is 1. The van der Waals surface area contributed by atoms with Crippen LogP contribution in [0.5, 0.6) is 0 Å². The van der Waals surface area contributed by atoms with Gasteiger partial charge in [-0.1, -0.05) is 20.8 Å². The van der Waals surface area contributed by atoms with Gasteiger partial charge in [-0.15, -0.1) is 0 Å². The van der Waals surface area contributed by atoms with Crippen molar-refractivity contribution in [3.8, 4) is 0 Å². The van der Waals surface area contributed by atoms with E-state index in [0.717, 1.165) is 12.8 Å². The summed E-state index contributed by atoms with van der Waals surface area (Å²) in [5, 5.41) is 8.36. The van der Waals surface area contributed by atoms with E-state index in [1.807, 2.05) is 0 Å². The highest BCUT2D eigenvalue weighted by Crippen LogP contribution is 2.21. The molecule has 0 saturated carbocycles. The highest BCUT2D eigenvalue weighted by atomic mass is 16.4. The Balaban J connectivity index is 3.50. The molecule has 3 nitrogen and oxygen atoms in total. The van der Waals surface area contributed by atoms with Crippen molar-refractivity contribution in [1.82, 2.24) is 0 Å². The standard InChI is InChI=1S/C11H20O3/c1-11(2,3)8-4-5-9(12)6-7-10(13)14/h4-8H2,1-3H3,(H,13,14). The predicted octanol–water partition coefficient (Wildman–Crippen LogP) is 2.64. The molecule has 82 valence electrons. The van der Waals surface area contributed by atoms with Gasteiger partial charge in [0.1, 0.15) is 5.78 Å². The number of carboxylic acids is 1. The molecule has 0 saturated heterocycles. The van der Waals surface area contributed by atoms with Crippen molar-refractivity contribution in [2.75, 3.05) is 0 Å². The fraction of sp³-hybridized carbons (Fsp3) is 0.818. The third-order valence-electron chi connectivity index (χ3n) is 2.00. The van der Waals surface area contributed by atoms with Crippen LogP contribution in [-0.2, 0) is 9.59 Å². The number of aliphatic carboxylic acids is 1. The number of ketones is 1. The van der Waals surface area contributed by atoms with Crippen LogP contribution in [0.3, 0.4) is 0 Å². The Morgan fingerprint density at radius 3 is 2.07 bits per heavy atom. The maximum absolute atomic E-state index is 11.2. The predicted molar refractivity (Wildman–Crippen MR) is 55.2 cm³/mol. The molecule has 0 aliphatic heterocycles. The normalized spacial score (nSPS) is 11.4. The van der Waals surface area contributed by atoms with Crippen molar-refractivity contribution in [2.45, 2.75) is 52.9 Å². The zero-order valence-corrected chi connectivity index (χ0v) is 9.30. The maximum atomic E-state index is 11.2. The van der Waals surface area contributed by atoms with Crippen LogP contribution in [0.2, 0.25) is 0 Å². The largest absolute Gasteiger partial charge is 0.481 e. The molecule has 1 N–H and O–H groups in total. The van der Waals surface area contributed by atoms with Gasteiger partial charge in [-0.3, -0.25) is 9.59 Å². The Labute approximate surface area is 85.5 Å². The van der Waals surface area contributed by atoms with E-state index in [9.17, 15) is 9.59 Å². The Bertz CT molecular complexity index is 201.